The standard InChI is InChI=1S/C20H27N3O5/c1-20(2,3)28-19(26)22-11-9-21(10-12-22)16-13-17(24)23(18(16)25)14-5-7-15(27-4)8-6-14/h5-8,16H,9-13H2,1-4H3/p+1/t16-/m1/s1. The molecule has 28 heavy (non-hydrogen) atoms. The van der Waals surface area contributed by atoms with Crippen LogP contribution in [-0.2, 0) is 14.3 Å². The fourth-order valence-corrected chi connectivity index (χ4v) is 3.60. The number of amides is 3. The second-order valence-electron chi connectivity index (χ2n) is 8.15. The Morgan fingerprint density at radius 2 is 1.71 bits per heavy atom. The van der Waals surface area contributed by atoms with E-state index in [1.54, 1.807) is 36.3 Å². The van der Waals surface area contributed by atoms with Gasteiger partial charge >= 0.3 is 6.09 Å². The summed E-state index contributed by atoms with van der Waals surface area (Å²) in [5.74, 6) is 0.293. The summed E-state index contributed by atoms with van der Waals surface area (Å²) in [5, 5.41) is 0. The first kappa shape index (κ1) is 20.1. The van der Waals surface area contributed by atoms with E-state index in [0.29, 0.717) is 37.6 Å². The maximum absolute atomic E-state index is 12.9. The van der Waals surface area contributed by atoms with Crippen molar-refractivity contribution in [3.8, 4) is 5.75 Å². The number of methoxy groups -OCH3 is 1. The predicted molar refractivity (Wildman–Crippen MR) is 102 cm³/mol. The maximum Gasteiger partial charge on any atom is 0.410 e. The summed E-state index contributed by atoms with van der Waals surface area (Å²) in [5.41, 5.74) is 0.0263. The molecule has 152 valence electrons. The number of nitrogens with one attached hydrogen (secondary N) is 1. The van der Waals surface area contributed by atoms with E-state index in [0.717, 1.165) is 4.90 Å². The van der Waals surface area contributed by atoms with Crippen LogP contribution in [0.2, 0.25) is 0 Å². The van der Waals surface area contributed by atoms with E-state index in [9.17, 15) is 14.4 Å². The van der Waals surface area contributed by atoms with Gasteiger partial charge in [0, 0.05) is 0 Å². The molecule has 1 aromatic carbocycles. The van der Waals surface area contributed by atoms with E-state index < -0.39 is 11.6 Å². The van der Waals surface area contributed by atoms with Crippen molar-refractivity contribution in [2.75, 3.05) is 38.2 Å². The van der Waals surface area contributed by atoms with Gasteiger partial charge in [-0.1, -0.05) is 0 Å². The number of imide groups is 1. The second-order valence-corrected chi connectivity index (χ2v) is 8.15. The molecular weight excluding hydrogens is 362 g/mol. The Morgan fingerprint density at radius 1 is 1.11 bits per heavy atom. The molecule has 1 atom stereocenters. The number of carbonyl (C=O) groups is 3. The smallest absolute Gasteiger partial charge is 0.410 e. The highest BCUT2D eigenvalue weighted by molar-refractivity contribution is 6.21. The van der Waals surface area contributed by atoms with Gasteiger partial charge in [0.2, 0.25) is 5.91 Å². The van der Waals surface area contributed by atoms with Gasteiger partial charge in [-0.3, -0.25) is 14.5 Å². The SMILES string of the molecule is COc1ccc(N2C(=O)C[C@@H]([NH+]3CCN(C(=O)OC(C)(C)C)CC3)C2=O)cc1. The van der Waals surface area contributed by atoms with Gasteiger partial charge in [0.25, 0.3) is 5.91 Å². The molecule has 2 aliphatic rings. The van der Waals surface area contributed by atoms with Crippen LogP contribution in [0, 0.1) is 0 Å². The molecule has 3 rings (SSSR count). The number of quaternary nitrogens is 1. The van der Waals surface area contributed by atoms with Gasteiger partial charge in [0.05, 0.1) is 45.4 Å². The van der Waals surface area contributed by atoms with Crippen molar-refractivity contribution < 1.29 is 28.8 Å². The Kier molecular flexibility index (Phi) is 5.60. The molecule has 2 heterocycles. The molecule has 3 amide bonds. The van der Waals surface area contributed by atoms with Crippen LogP contribution in [0.5, 0.6) is 5.75 Å². The topological polar surface area (TPSA) is 80.6 Å². The van der Waals surface area contributed by atoms with Gasteiger partial charge in [-0.05, 0) is 45.0 Å². The molecule has 0 spiro atoms. The van der Waals surface area contributed by atoms with Crippen molar-refractivity contribution in [1.29, 1.82) is 0 Å². The van der Waals surface area contributed by atoms with Crippen LogP contribution in [0.15, 0.2) is 24.3 Å². The summed E-state index contributed by atoms with van der Waals surface area (Å²) in [4.78, 5) is 41.6. The number of hydrogen-bond donors (Lipinski definition) is 1. The number of rotatable bonds is 3. The van der Waals surface area contributed by atoms with Crippen molar-refractivity contribution in [2.24, 2.45) is 0 Å². The van der Waals surface area contributed by atoms with E-state index in [2.05, 4.69) is 0 Å². The monoisotopic (exact) mass is 390 g/mol. The number of anilines is 1. The van der Waals surface area contributed by atoms with Crippen molar-refractivity contribution in [2.45, 2.75) is 38.8 Å². The number of benzene rings is 1. The van der Waals surface area contributed by atoms with Crippen LogP contribution in [-0.4, -0.2) is 67.7 Å². The average molecular weight is 390 g/mol. The largest absolute Gasteiger partial charge is 0.497 e. The lowest BCUT2D eigenvalue weighted by molar-refractivity contribution is -0.918. The van der Waals surface area contributed by atoms with Crippen LogP contribution in [0.4, 0.5) is 10.5 Å². The average Bonchev–Trinajstić information content (AvgIpc) is 2.95. The number of nitrogens with zero attached hydrogens (tertiary/aromatic N) is 2. The minimum Gasteiger partial charge on any atom is -0.497 e. The van der Waals surface area contributed by atoms with E-state index >= 15 is 0 Å². The summed E-state index contributed by atoms with van der Waals surface area (Å²) in [7, 11) is 1.57. The van der Waals surface area contributed by atoms with Crippen LogP contribution < -0.4 is 14.5 Å². The zero-order chi connectivity index (χ0) is 20.5. The third-order valence-corrected chi connectivity index (χ3v) is 5.03. The fraction of sp³-hybridized carbons (Fsp3) is 0.550. The molecule has 2 saturated heterocycles. The van der Waals surface area contributed by atoms with E-state index in [1.807, 2.05) is 20.8 Å². The molecule has 2 aliphatic heterocycles. The van der Waals surface area contributed by atoms with Gasteiger partial charge in [0.1, 0.15) is 11.4 Å². The van der Waals surface area contributed by atoms with Gasteiger partial charge in [-0.25, -0.2) is 9.69 Å². The van der Waals surface area contributed by atoms with E-state index in [4.69, 9.17) is 9.47 Å². The molecule has 0 saturated carbocycles. The first-order valence-corrected chi connectivity index (χ1v) is 9.53. The molecule has 0 aromatic heterocycles. The lowest BCUT2D eigenvalue weighted by Crippen LogP contribution is -3.19. The number of carbonyl (C=O) groups excluding carboxylic acids is 3. The highest BCUT2D eigenvalue weighted by Gasteiger charge is 2.46. The van der Waals surface area contributed by atoms with Crippen molar-refractivity contribution in [3.05, 3.63) is 24.3 Å². The van der Waals surface area contributed by atoms with Gasteiger partial charge in [0.15, 0.2) is 6.04 Å². The Hall–Kier alpha value is -2.61. The Bertz CT molecular complexity index is 748. The third-order valence-electron chi connectivity index (χ3n) is 5.03. The maximum atomic E-state index is 12.9. The summed E-state index contributed by atoms with van der Waals surface area (Å²) in [6.45, 7) is 7.74. The summed E-state index contributed by atoms with van der Waals surface area (Å²) < 4.78 is 10.5. The first-order valence-electron chi connectivity index (χ1n) is 9.53. The summed E-state index contributed by atoms with van der Waals surface area (Å²) in [6.07, 6.45) is -0.146. The quantitative estimate of drug-likeness (QED) is 0.759. The van der Waals surface area contributed by atoms with Crippen LogP contribution >= 0.6 is 0 Å². The second kappa shape index (κ2) is 7.79. The number of ether oxygens (including phenoxy) is 2. The summed E-state index contributed by atoms with van der Waals surface area (Å²) >= 11 is 0. The lowest BCUT2D eigenvalue weighted by atomic mass is 10.1. The van der Waals surface area contributed by atoms with Crippen LogP contribution in [0.3, 0.4) is 0 Å². The first-order chi connectivity index (χ1) is 13.2. The zero-order valence-electron chi connectivity index (χ0n) is 16.9. The normalized spacial score (nSPS) is 21.2. The van der Waals surface area contributed by atoms with Gasteiger partial charge < -0.3 is 14.4 Å². The molecule has 2 fully saturated rings. The molecule has 1 N–H and O–H groups in total. The van der Waals surface area contributed by atoms with Crippen LogP contribution in [0.1, 0.15) is 27.2 Å². The minimum atomic E-state index is -0.534. The number of piperazine rings is 1. The molecular formula is C20H28N3O5+. The Labute approximate surface area is 165 Å². The highest BCUT2D eigenvalue weighted by atomic mass is 16.6. The highest BCUT2D eigenvalue weighted by Crippen LogP contribution is 2.24. The zero-order valence-corrected chi connectivity index (χ0v) is 16.9. The predicted octanol–water partition coefficient (Wildman–Crippen LogP) is 0.463. The molecule has 0 aliphatic carbocycles. The molecule has 8 heteroatoms. The Balaban J connectivity index is 1.62. The van der Waals surface area contributed by atoms with Crippen molar-refractivity contribution in [3.63, 3.8) is 0 Å². The van der Waals surface area contributed by atoms with Gasteiger partial charge in [-0.15, -0.1) is 0 Å². The molecule has 8 nitrogen and oxygen atoms in total. The van der Waals surface area contributed by atoms with Crippen LogP contribution in [0.25, 0.3) is 0 Å². The van der Waals surface area contributed by atoms with Crippen molar-refractivity contribution in [1.82, 2.24) is 4.90 Å². The minimum absolute atomic E-state index is 0.184. The third kappa shape index (κ3) is 4.27. The van der Waals surface area contributed by atoms with E-state index in [-0.39, 0.29) is 24.3 Å². The van der Waals surface area contributed by atoms with Gasteiger partial charge in [-0.2, -0.15) is 0 Å². The number of hydrogen-bond acceptors (Lipinski definition) is 5. The molecule has 1 aromatic rings. The lowest BCUT2D eigenvalue weighted by Gasteiger charge is -2.35. The van der Waals surface area contributed by atoms with Crippen molar-refractivity contribution >= 4 is 23.6 Å². The molecule has 0 bridgehead atoms. The summed E-state index contributed by atoms with van der Waals surface area (Å²) in [6, 6.07) is 6.49. The Morgan fingerprint density at radius 3 is 2.25 bits per heavy atom. The van der Waals surface area contributed by atoms with E-state index in [1.165, 1.54) is 4.90 Å². The fourth-order valence-electron chi connectivity index (χ4n) is 3.60. The molecule has 0 radical (unpaired) electrons. The molecule has 0 unspecified atom stereocenters.